The first-order valence-corrected chi connectivity index (χ1v) is 17.1. The zero-order chi connectivity index (χ0) is 35.7. The zero-order valence-electron chi connectivity index (χ0n) is 28.2. The minimum absolute atomic E-state index is 0.117. The van der Waals surface area contributed by atoms with Gasteiger partial charge in [-0.1, -0.05) is 19.1 Å². The maximum absolute atomic E-state index is 16.2. The van der Waals surface area contributed by atoms with Crippen LogP contribution in [-0.2, 0) is 6.54 Å². The lowest BCUT2D eigenvalue weighted by atomic mass is 10.1. The Morgan fingerprint density at radius 1 is 1.10 bits per heavy atom. The third-order valence-corrected chi connectivity index (χ3v) is 9.82. The topological polar surface area (TPSA) is 153 Å². The Balaban J connectivity index is 1.10. The first kappa shape index (κ1) is 35.0. The number of unbranched alkanes of at least 4 members (excludes halogenated alkanes) is 1. The van der Waals surface area contributed by atoms with Crippen molar-refractivity contribution in [2.75, 3.05) is 43.0 Å². The van der Waals surface area contributed by atoms with Crippen molar-refractivity contribution in [2.45, 2.75) is 71.0 Å². The Kier molecular flexibility index (Phi) is 10.2. The normalized spacial score (nSPS) is 18.5. The fourth-order valence-electron chi connectivity index (χ4n) is 6.96. The number of aromatic amines is 1. The molecule has 1 atom stereocenters. The number of halogens is 2. The van der Waals surface area contributed by atoms with Gasteiger partial charge in [-0.25, -0.2) is 18.4 Å². The molecule has 0 spiro atoms. The number of rotatable bonds is 12. The second kappa shape index (κ2) is 14.6. The van der Waals surface area contributed by atoms with Gasteiger partial charge in [-0.3, -0.25) is 24.0 Å². The largest absolute Gasteiger partial charge is 0.477 e. The number of fused-ring (bicyclic) bond motifs is 1. The Labute approximate surface area is 286 Å². The number of nitrogens with one attached hydrogen (secondary N) is 2. The molecule has 1 saturated carbocycles. The molecule has 2 aliphatic carbocycles. The van der Waals surface area contributed by atoms with Crippen LogP contribution >= 0.6 is 0 Å². The summed E-state index contributed by atoms with van der Waals surface area (Å²) in [5.74, 6) is -3.03. The lowest BCUT2D eigenvalue weighted by Crippen LogP contribution is -2.55. The summed E-state index contributed by atoms with van der Waals surface area (Å²) in [7, 11) is 0. The molecule has 3 aliphatic rings. The quantitative estimate of drug-likeness (QED) is 0.206. The van der Waals surface area contributed by atoms with Crippen LogP contribution < -0.4 is 26.9 Å². The number of aromatic nitrogens is 3. The molecule has 3 heterocycles. The highest BCUT2D eigenvalue weighted by molar-refractivity contribution is 5.94. The van der Waals surface area contributed by atoms with Crippen LogP contribution in [0, 0.1) is 11.6 Å². The minimum atomic E-state index is -1.46. The summed E-state index contributed by atoms with van der Waals surface area (Å²) in [6.07, 6.45) is 11.3. The number of piperazine rings is 1. The van der Waals surface area contributed by atoms with E-state index in [-0.39, 0.29) is 48.9 Å². The minimum Gasteiger partial charge on any atom is -0.477 e. The molecule has 266 valence electrons. The van der Waals surface area contributed by atoms with Gasteiger partial charge in [-0.2, -0.15) is 0 Å². The van der Waals surface area contributed by atoms with Gasteiger partial charge in [0.1, 0.15) is 22.9 Å². The van der Waals surface area contributed by atoms with E-state index >= 15 is 8.78 Å². The molecule has 14 heteroatoms. The van der Waals surface area contributed by atoms with Gasteiger partial charge in [-0.05, 0) is 68.9 Å². The van der Waals surface area contributed by atoms with E-state index in [1.165, 1.54) is 26.7 Å². The highest BCUT2D eigenvalue weighted by Gasteiger charge is 2.33. The van der Waals surface area contributed by atoms with E-state index in [9.17, 15) is 29.4 Å². The standard InChI is InChI=1S/C36H42F2N6O6/c1-3-22-15-23(8-6-7-21(22)2)39-29-17-30(46)43(36(50)40-29)12-5-4-11-41-13-14-42(18-25(41)20-45)33-28(37)16-26-32(31(33)38)44(24-9-10-24)19-27(34(26)47)35(48)49/h6-7,15-17,19,24-25,39,45H,3-5,8-14,18,20H2,1-2H3,(H,40,50)(H,48,49). The lowest BCUT2D eigenvalue weighted by Gasteiger charge is -2.42. The van der Waals surface area contributed by atoms with Crippen LogP contribution in [0.4, 0.5) is 20.3 Å². The zero-order valence-corrected chi connectivity index (χ0v) is 28.2. The van der Waals surface area contributed by atoms with E-state index in [2.05, 4.69) is 23.3 Å². The molecule has 1 aliphatic heterocycles. The first-order chi connectivity index (χ1) is 24.0. The van der Waals surface area contributed by atoms with Gasteiger partial charge in [0.25, 0.3) is 5.56 Å². The molecular weight excluding hydrogens is 650 g/mol. The number of allylic oxidation sites excluding steroid dienone is 5. The Bertz CT molecular complexity index is 2060. The highest BCUT2D eigenvalue weighted by atomic mass is 19.1. The second-order valence-electron chi connectivity index (χ2n) is 13.2. The van der Waals surface area contributed by atoms with E-state index in [0.29, 0.717) is 51.0 Å². The van der Waals surface area contributed by atoms with Crippen LogP contribution in [0.25, 0.3) is 10.9 Å². The van der Waals surface area contributed by atoms with Crippen molar-refractivity contribution in [3.05, 3.63) is 102 Å². The average Bonchev–Trinajstić information content (AvgIpc) is 3.93. The van der Waals surface area contributed by atoms with Crippen molar-refractivity contribution in [3.8, 4) is 0 Å². The molecule has 0 radical (unpaired) electrons. The van der Waals surface area contributed by atoms with Gasteiger partial charge in [-0.15, -0.1) is 0 Å². The Morgan fingerprint density at radius 2 is 1.86 bits per heavy atom. The maximum Gasteiger partial charge on any atom is 0.341 e. The predicted molar refractivity (Wildman–Crippen MR) is 187 cm³/mol. The SMILES string of the molecule is CCC1=C(C)C=CCC(Nc2cc(=O)n(CCCCN3CCN(c4c(F)cc5c(=O)c(C(=O)O)cn(C6CC6)c5c4F)CC3CO)c(=O)[nH]2)=C1. The summed E-state index contributed by atoms with van der Waals surface area (Å²) in [4.78, 5) is 56.5. The number of hydrogen-bond donors (Lipinski definition) is 4. The second-order valence-corrected chi connectivity index (χ2v) is 13.2. The van der Waals surface area contributed by atoms with Gasteiger partial charge < -0.3 is 25.0 Å². The van der Waals surface area contributed by atoms with E-state index in [4.69, 9.17) is 0 Å². The Morgan fingerprint density at radius 3 is 2.54 bits per heavy atom. The fourth-order valence-corrected chi connectivity index (χ4v) is 6.96. The van der Waals surface area contributed by atoms with E-state index in [1.807, 2.05) is 24.0 Å². The lowest BCUT2D eigenvalue weighted by molar-refractivity contribution is 0.0694. The number of carbonyl (C=O) groups is 1. The summed E-state index contributed by atoms with van der Waals surface area (Å²) in [5.41, 5.74) is 0.387. The maximum atomic E-state index is 16.2. The molecule has 2 fully saturated rings. The van der Waals surface area contributed by atoms with Crippen molar-refractivity contribution in [1.82, 2.24) is 19.0 Å². The molecule has 1 saturated heterocycles. The number of carboxylic acids is 1. The van der Waals surface area contributed by atoms with Crippen LogP contribution in [0.1, 0.15) is 68.8 Å². The van der Waals surface area contributed by atoms with Crippen molar-refractivity contribution in [3.63, 3.8) is 0 Å². The number of carboxylic acid groups (broad SMARTS) is 1. The van der Waals surface area contributed by atoms with Crippen molar-refractivity contribution < 1.29 is 23.8 Å². The molecule has 1 unspecified atom stereocenters. The van der Waals surface area contributed by atoms with Crippen molar-refractivity contribution >= 4 is 28.4 Å². The first-order valence-electron chi connectivity index (χ1n) is 17.1. The number of anilines is 2. The number of aliphatic hydroxyl groups is 1. The van der Waals surface area contributed by atoms with Crippen LogP contribution in [0.3, 0.4) is 0 Å². The van der Waals surface area contributed by atoms with Gasteiger partial charge in [0.2, 0.25) is 5.43 Å². The van der Waals surface area contributed by atoms with Gasteiger partial charge in [0.05, 0.1) is 23.6 Å². The number of aliphatic hydroxyl groups excluding tert-OH is 1. The number of H-pyrrole nitrogens is 1. The summed E-state index contributed by atoms with van der Waals surface area (Å²) in [5, 5.41) is 22.6. The van der Waals surface area contributed by atoms with Crippen LogP contribution in [0.5, 0.6) is 0 Å². The third-order valence-electron chi connectivity index (χ3n) is 9.82. The molecule has 12 nitrogen and oxygen atoms in total. The van der Waals surface area contributed by atoms with E-state index < -0.39 is 45.9 Å². The van der Waals surface area contributed by atoms with Gasteiger partial charge >= 0.3 is 11.7 Å². The molecule has 4 N–H and O–H groups in total. The van der Waals surface area contributed by atoms with Crippen LogP contribution in [0.2, 0.25) is 0 Å². The predicted octanol–water partition coefficient (Wildman–Crippen LogP) is 4.11. The fraction of sp³-hybridized carbons (Fsp3) is 0.444. The highest BCUT2D eigenvalue weighted by Crippen LogP contribution is 2.40. The number of nitrogens with zero attached hydrogens (tertiary/aromatic N) is 4. The number of benzene rings is 1. The van der Waals surface area contributed by atoms with Crippen molar-refractivity contribution in [1.29, 1.82) is 0 Å². The average molecular weight is 693 g/mol. The van der Waals surface area contributed by atoms with Crippen LogP contribution in [0.15, 0.2) is 67.8 Å². The molecule has 6 rings (SSSR count). The van der Waals surface area contributed by atoms with Gasteiger partial charge in [0, 0.05) is 56.6 Å². The third kappa shape index (κ3) is 7.08. The summed E-state index contributed by atoms with van der Waals surface area (Å²) < 4.78 is 34.3. The van der Waals surface area contributed by atoms with Crippen LogP contribution in [-0.4, -0.2) is 74.0 Å². The molecule has 50 heavy (non-hydrogen) atoms. The number of hydrogen-bond acceptors (Lipinski definition) is 8. The molecular formula is C36H42F2N6O6. The molecule has 0 amide bonds. The molecule has 1 aromatic carbocycles. The van der Waals surface area contributed by atoms with E-state index in [0.717, 1.165) is 28.9 Å². The smallest absolute Gasteiger partial charge is 0.341 e. The summed E-state index contributed by atoms with van der Waals surface area (Å²) in [6, 6.07) is 1.67. The molecule has 3 aromatic rings. The van der Waals surface area contributed by atoms with Gasteiger partial charge in [0.15, 0.2) is 5.82 Å². The monoisotopic (exact) mass is 692 g/mol. The van der Waals surface area contributed by atoms with E-state index in [1.54, 1.807) is 0 Å². The van der Waals surface area contributed by atoms with Crippen molar-refractivity contribution in [2.24, 2.45) is 0 Å². The summed E-state index contributed by atoms with van der Waals surface area (Å²) >= 11 is 0. The summed E-state index contributed by atoms with van der Waals surface area (Å²) in [6.45, 7) is 5.33. The molecule has 2 aromatic heterocycles. The Hall–Kier alpha value is -4.82. The number of aromatic carboxylic acids is 1. The molecule has 0 bridgehead atoms. The number of pyridine rings is 1.